The molecule has 212 valence electrons. The van der Waals surface area contributed by atoms with Gasteiger partial charge in [0.15, 0.2) is 0 Å². The Bertz CT molecular complexity index is 1580. The third-order valence-electron chi connectivity index (χ3n) is 6.61. The average Bonchev–Trinajstić information content (AvgIpc) is 3.35. The van der Waals surface area contributed by atoms with E-state index in [0.29, 0.717) is 31.7 Å². The highest BCUT2D eigenvalue weighted by atomic mass is 19.3. The fourth-order valence-corrected chi connectivity index (χ4v) is 4.71. The molecule has 0 saturated carbocycles. The fraction of sp³-hybridized carbons (Fsp3) is 0.385. The zero-order chi connectivity index (χ0) is 28.6. The molecule has 0 unspecified atom stereocenters. The molecule has 5 rings (SSSR count). The van der Waals surface area contributed by atoms with E-state index in [9.17, 15) is 26.7 Å². The molecule has 9 nitrogen and oxygen atoms in total. The lowest BCUT2D eigenvalue weighted by atomic mass is 10.0. The highest BCUT2D eigenvalue weighted by Crippen LogP contribution is 2.32. The lowest BCUT2D eigenvalue weighted by molar-refractivity contribution is 0.111. The number of rotatable bonds is 8. The Morgan fingerprint density at radius 3 is 2.50 bits per heavy atom. The Balaban J connectivity index is 1.68. The van der Waals surface area contributed by atoms with Crippen LogP contribution in [-0.2, 0) is 11.3 Å². The van der Waals surface area contributed by atoms with Crippen LogP contribution in [0.25, 0.3) is 22.2 Å². The third-order valence-corrected chi connectivity index (χ3v) is 6.61. The van der Waals surface area contributed by atoms with Crippen LogP contribution in [0.15, 0.2) is 41.7 Å². The molecule has 1 atom stereocenters. The first-order valence-corrected chi connectivity index (χ1v) is 12.5. The van der Waals surface area contributed by atoms with E-state index in [1.807, 2.05) is 0 Å². The number of benzene rings is 1. The molecule has 1 N–H and O–H groups in total. The first kappa shape index (κ1) is 27.5. The summed E-state index contributed by atoms with van der Waals surface area (Å²) in [6, 6.07) is 2.99. The number of nitrogens with zero attached hydrogens (tertiary/aromatic N) is 6. The minimum absolute atomic E-state index is 0.00896. The molecule has 0 amide bonds. The van der Waals surface area contributed by atoms with Crippen molar-refractivity contribution in [1.29, 1.82) is 0 Å². The second-order valence-electron chi connectivity index (χ2n) is 9.37. The van der Waals surface area contributed by atoms with Gasteiger partial charge in [-0.2, -0.15) is 0 Å². The summed E-state index contributed by atoms with van der Waals surface area (Å²) in [5.41, 5.74) is -0.743. The second kappa shape index (κ2) is 11.2. The van der Waals surface area contributed by atoms with E-state index in [4.69, 9.17) is 4.74 Å². The van der Waals surface area contributed by atoms with Gasteiger partial charge in [0.05, 0.1) is 72.9 Å². The van der Waals surface area contributed by atoms with Crippen LogP contribution in [0, 0.1) is 12.7 Å². The molecule has 1 saturated heterocycles. The number of fused-ring (bicyclic) bond motifs is 1. The largest absolute Gasteiger partial charge is 0.378 e. The number of ether oxygens (including phenoxy) is 1. The second-order valence-corrected chi connectivity index (χ2v) is 9.37. The Morgan fingerprint density at radius 1 is 1.07 bits per heavy atom. The number of hydrogen-bond acceptors (Lipinski definition) is 7. The van der Waals surface area contributed by atoms with Crippen LogP contribution in [0.3, 0.4) is 0 Å². The Labute approximate surface area is 225 Å². The molecule has 3 aromatic heterocycles. The third kappa shape index (κ3) is 5.35. The monoisotopic (exact) mass is 563 g/mol. The van der Waals surface area contributed by atoms with Crippen molar-refractivity contribution in [3.05, 3.63) is 70.0 Å². The van der Waals surface area contributed by atoms with Crippen LogP contribution < -0.4 is 15.9 Å². The van der Waals surface area contributed by atoms with Crippen LogP contribution in [-0.4, -0.2) is 56.9 Å². The van der Waals surface area contributed by atoms with Gasteiger partial charge in [0.2, 0.25) is 0 Å². The van der Waals surface area contributed by atoms with Crippen LogP contribution in [0.2, 0.25) is 0 Å². The normalized spacial score (nSPS) is 14.9. The van der Waals surface area contributed by atoms with Gasteiger partial charge in [0.25, 0.3) is 18.4 Å². The average molecular weight is 564 g/mol. The molecular weight excluding hydrogens is 537 g/mol. The molecular formula is C26H26F5N7O2. The summed E-state index contributed by atoms with van der Waals surface area (Å²) in [6.45, 7) is 4.17. The quantitative estimate of drug-likeness (QED) is 0.317. The Kier molecular flexibility index (Phi) is 7.70. The van der Waals surface area contributed by atoms with Gasteiger partial charge in [0.1, 0.15) is 17.5 Å². The molecule has 0 bridgehead atoms. The van der Waals surface area contributed by atoms with Crippen LogP contribution in [0.5, 0.6) is 0 Å². The summed E-state index contributed by atoms with van der Waals surface area (Å²) >= 11 is 0. The van der Waals surface area contributed by atoms with E-state index in [0.717, 1.165) is 6.07 Å². The van der Waals surface area contributed by atoms with Crippen molar-refractivity contribution in [3.8, 4) is 11.3 Å². The number of alkyl halides is 4. The van der Waals surface area contributed by atoms with E-state index in [1.54, 1.807) is 25.1 Å². The van der Waals surface area contributed by atoms with Gasteiger partial charge in [0, 0.05) is 18.0 Å². The van der Waals surface area contributed by atoms with Crippen molar-refractivity contribution in [2.45, 2.75) is 39.3 Å². The number of pyridine rings is 1. The number of aryl methyl sites for hydroxylation is 1. The van der Waals surface area contributed by atoms with Gasteiger partial charge >= 0.3 is 0 Å². The van der Waals surface area contributed by atoms with Crippen molar-refractivity contribution in [2.75, 3.05) is 36.6 Å². The van der Waals surface area contributed by atoms with Crippen molar-refractivity contribution in [1.82, 2.24) is 24.2 Å². The smallest absolute Gasteiger partial charge is 0.280 e. The predicted octanol–water partition coefficient (Wildman–Crippen LogP) is 4.45. The van der Waals surface area contributed by atoms with Crippen molar-refractivity contribution >= 4 is 16.7 Å². The van der Waals surface area contributed by atoms with E-state index >= 15 is 0 Å². The van der Waals surface area contributed by atoms with E-state index in [-0.39, 0.29) is 34.0 Å². The first-order chi connectivity index (χ1) is 19.1. The van der Waals surface area contributed by atoms with Gasteiger partial charge in [-0.15, -0.1) is 0 Å². The van der Waals surface area contributed by atoms with E-state index in [2.05, 4.69) is 20.3 Å². The minimum Gasteiger partial charge on any atom is -0.378 e. The first-order valence-electron chi connectivity index (χ1n) is 12.5. The maximum absolute atomic E-state index is 14.9. The molecule has 0 spiro atoms. The van der Waals surface area contributed by atoms with Gasteiger partial charge in [-0.1, -0.05) is 18.2 Å². The standard InChI is InChI=1S/C26H26F5N7O2/c1-14(16-4-3-5-17(22(16)29)24(30)31)33-25-18-10-38(37-6-8-40-9-7-37)26(39)21(23(18)34-15(2)35-25)19-11-36(13-32-19)12-20(27)28/h3-5,10-11,13-14,20,24H,6-9,12H2,1-2H3,(H,33,34,35)/t14-/m1/s1. The van der Waals surface area contributed by atoms with Gasteiger partial charge < -0.3 is 19.6 Å². The molecule has 1 fully saturated rings. The van der Waals surface area contributed by atoms with E-state index in [1.165, 1.54) is 33.9 Å². The number of imidazole rings is 1. The van der Waals surface area contributed by atoms with Crippen LogP contribution >= 0.6 is 0 Å². The lowest BCUT2D eigenvalue weighted by Gasteiger charge is -2.30. The molecule has 1 aromatic carbocycles. The highest BCUT2D eigenvalue weighted by molar-refractivity contribution is 5.97. The maximum Gasteiger partial charge on any atom is 0.280 e. The molecule has 0 radical (unpaired) electrons. The molecule has 40 heavy (non-hydrogen) atoms. The number of anilines is 1. The SMILES string of the molecule is Cc1nc(N[C@H](C)c2cccc(C(F)F)c2F)c2cn(N3CCOCC3)c(=O)c(-c3cn(CC(F)F)cn3)c2n1. The molecule has 0 aliphatic carbocycles. The summed E-state index contributed by atoms with van der Waals surface area (Å²) in [7, 11) is 0. The Morgan fingerprint density at radius 2 is 1.80 bits per heavy atom. The van der Waals surface area contributed by atoms with Crippen molar-refractivity contribution < 1.29 is 26.7 Å². The van der Waals surface area contributed by atoms with Gasteiger partial charge in [-0.05, 0) is 13.8 Å². The number of halogens is 5. The maximum atomic E-state index is 14.9. The summed E-state index contributed by atoms with van der Waals surface area (Å²) in [5, 5.41) is 5.22. The zero-order valence-electron chi connectivity index (χ0n) is 21.6. The highest BCUT2D eigenvalue weighted by Gasteiger charge is 2.25. The summed E-state index contributed by atoms with van der Waals surface area (Å²) < 4.78 is 75.6. The topological polar surface area (TPSA) is 90.1 Å². The molecule has 1 aliphatic rings. The molecule has 14 heteroatoms. The van der Waals surface area contributed by atoms with Gasteiger partial charge in [-0.25, -0.2) is 41.6 Å². The lowest BCUT2D eigenvalue weighted by Crippen LogP contribution is -2.49. The van der Waals surface area contributed by atoms with Crippen LogP contribution in [0.4, 0.5) is 27.8 Å². The number of hydrogen-bond donors (Lipinski definition) is 1. The van der Waals surface area contributed by atoms with Gasteiger partial charge in [-0.3, -0.25) is 4.79 Å². The van der Waals surface area contributed by atoms with Crippen molar-refractivity contribution in [3.63, 3.8) is 0 Å². The van der Waals surface area contributed by atoms with Crippen molar-refractivity contribution in [2.24, 2.45) is 0 Å². The number of nitrogens with one attached hydrogen (secondary N) is 1. The zero-order valence-corrected chi connectivity index (χ0v) is 21.6. The number of aromatic nitrogens is 5. The van der Waals surface area contributed by atoms with E-state index < -0.39 is 42.4 Å². The number of morpholine rings is 1. The molecule has 4 heterocycles. The predicted molar refractivity (Wildman–Crippen MR) is 138 cm³/mol. The fourth-order valence-electron chi connectivity index (χ4n) is 4.71. The molecule has 1 aliphatic heterocycles. The minimum atomic E-state index is -2.98. The summed E-state index contributed by atoms with van der Waals surface area (Å²) in [5.74, 6) is -0.532. The molecule has 4 aromatic rings. The Hall–Kier alpha value is -4.07. The summed E-state index contributed by atoms with van der Waals surface area (Å²) in [6.07, 6.45) is -1.49. The summed E-state index contributed by atoms with van der Waals surface area (Å²) in [4.78, 5) is 27.0. The van der Waals surface area contributed by atoms with Crippen LogP contribution in [0.1, 0.15) is 36.3 Å².